The third-order valence-electron chi connectivity index (χ3n) is 5.74. The van der Waals surface area contributed by atoms with E-state index in [1.807, 2.05) is 26.0 Å². The molecule has 0 fully saturated rings. The van der Waals surface area contributed by atoms with Crippen molar-refractivity contribution in [2.24, 2.45) is 11.1 Å². The molecule has 9 nitrogen and oxygen atoms in total. The Labute approximate surface area is 180 Å². The molecule has 3 N–H and O–H groups in total. The number of carbonyl (C=O) groups is 1. The number of carbonyl (C=O) groups excluding carboxylic acids is 1. The number of nitrogens with one attached hydrogen (secondary N) is 1. The quantitative estimate of drug-likeness (QED) is 0.772. The number of aromatic nitrogens is 3. The molecule has 1 atom stereocenters. The molecule has 2 heterocycles. The fourth-order valence-electron chi connectivity index (χ4n) is 4.51. The van der Waals surface area contributed by atoms with Crippen LogP contribution in [0.5, 0.6) is 11.5 Å². The van der Waals surface area contributed by atoms with Gasteiger partial charge in [0.25, 0.3) is 0 Å². The predicted octanol–water partition coefficient (Wildman–Crippen LogP) is 2.76. The van der Waals surface area contributed by atoms with E-state index in [1.165, 1.54) is 13.4 Å². The van der Waals surface area contributed by atoms with Crippen LogP contribution in [-0.2, 0) is 4.79 Å². The molecule has 1 aliphatic heterocycles. The maximum Gasteiger partial charge on any atom is 0.231 e. The molecule has 0 unspecified atom stereocenters. The minimum absolute atomic E-state index is 0.0362. The summed E-state index contributed by atoms with van der Waals surface area (Å²) in [6.45, 7) is 4.07. The number of ketones is 1. The number of rotatable bonds is 4. The van der Waals surface area contributed by atoms with Gasteiger partial charge in [-0.2, -0.15) is 15.3 Å². The van der Waals surface area contributed by atoms with Crippen LogP contribution in [0.15, 0.2) is 47.2 Å². The van der Waals surface area contributed by atoms with E-state index in [4.69, 9.17) is 15.2 Å². The van der Waals surface area contributed by atoms with E-state index in [9.17, 15) is 10.1 Å². The van der Waals surface area contributed by atoms with Gasteiger partial charge in [0, 0.05) is 23.3 Å². The average Bonchev–Trinajstić information content (AvgIpc) is 3.25. The van der Waals surface area contributed by atoms with Gasteiger partial charge in [0.2, 0.25) is 5.95 Å². The van der Waals surface area contributed by atoms with E-state index >= 15 is 0 Å². The molecule has 0 bridgehead atoms. The Morgan fingerprint density at radius 3 is 2.68 bits per heavy atom. The van der Waals surface area contributed by atoms with Crippen molar-refractivity contribution >= 4 is 11.7 Å². The number of nitrogens with two attached hydrogens (primary N) is 1. The van der Waals surface area contributed by atoms with Crippen molar-refractivity contribution < 1.29 is 14.3 Å². The summed E-state index contributed by atoms with van der Waals surface area (Å²) in [5.74, 6) is 0.837. The number of hydrogen-bond donors (Lipinski definition) is 2. The number of H-pyrrole nitrogens is 1. The van der Waals surface area contributed by atoms with E-state index in [1.54, 1.807) is 18.1 Å². The lowest BCUT2D eigenvalue weighted by atomic mass is 9.68. The second-order valence-electron chi connectivity index (χ2n) is 8.37. The number of para-hydroxylation sites is 1. The van der Waals surface area contributed by atoms with Crippen LogP contribution in [0.2, 0.25) is 0 Å². The standard InChI is InChI=1S/C22H24N6O3/c1-22(2)8-14-18(15(29)9-22)17(12-6-5-7-16(30-3)19(12)31-4)13(10-23)20(24)28(14)21-25-11-26-27-21/h5-7,11,17H,8-9,24H2,1-4H3,(H,25,26,27)/t17-/m1/s1. The molecular weight excluding hydrogens is 396 g/mol. The fraction of sp³-hybridized carbons (Fsp3) is 0.364. The summed E-state index contributed by atoms with van der Waals surface area (Å²) in [5, 5.41) is 16.8. The highest BCUT2D eigenvalue weighted by molar-refractivity contribution is 6.01. The number of benzene rings is 1. The Hall–Kier alpha value is -3.80. The number of aromatic amines is 1. The topological polar surface area (TPSA) is 130 Å². The van der Waals surface area contributed by atoms with Gasteiger partial charge >= 0.3 is 0 Å². The van der Waals surface area contributed by atoms with Crippen molar-refractivity contribution in [3.05, 3.63) is 52.8 Å². The normalized spacial score (nSPS) is 20.4. The largest absolute Gasteiger partial charge is 0.493 e. The summed E-state index contributed by atoms with van der Waals surface area (Å²) in [4.78, 5) is 19.4. The van der Waals surface area contributed by atoms with Gasteiger partial charge in [-0.1, -0.05) is 26.0 Å². The SMILES string of the molecule is COc1cccc([C@@H]2C(C#N)=C(N)N(c3ncn[nH]3)C3=C2C(=O)CC(C)(C)C3)c1OC. The lowest BCUT2D eigenvalue weighted by molar-refractivity contribution is -0.118. The highest BCUT2D eigenvalue weighted by Crippen LogP contribution is 2.52. The first-order valence-corrected chi connectivity index (χ1v) is 9.85. The van der Waals surface area contributed by atoms with E-state index < -0.39 is 5.92 Å². The molecule has 9 heteroatoms. The zero-order valence-corrected chi connectivity index (χ0v) is 17.9. The minimum Gasteiger partial charge on any atom is -0.493 e. The molecule has 31 heavy (non-hydrogen) atoms. The van der Waals surface area contributed by atoms with Crippen LogP contribution in [0.3, 0.4) is 0 Å². The molecule has 4 rings (SSSR count). The molecule has 1 aliphatic carbocycles. The predicted molar refractivity (Wildman–Crippen MR) is 113 cm³/mol. The summed E-state index contributed by atoms with van der Waals surface area (Å²) < 4.78 is 11.1. The third-order valence-corrected chi connectivity index (χ3v) is 5.74. The van der Waals surface area contributed by atoms with Crippen molar-refractivity contribution in [1.29, 1.82) is 5.26 Å². The molecule has 0 spiro atoms. The zero-order valence-electron chi connectivity index (χ0n) is 17.9. The van der Waals surface area contributed by atoms with Crippen LogP contribution in [0.4, 0.5) is 5.95 Å². The smallest absolute Gasteiger partial charge is 0.231 e. The molecule has 2 aromatic rings. The maximum atomic E-state index is 13.5. The zero-order chi connectivity index (χ0) is 22.3. The fourth-order valence-corrected chi connectivity index (χ4v) is 4.51. The highest BCUT2D eigenvalue weighted by atomic mass is 16.5. The first kappa shape index (κ1) is 20.5. The molecule has 2 aliphatic rings. The van der Waals surface area contributed by atoms with Crippen molar-refractivity contribution in [2.75, 3.05) is 19.1 Å². The van der Waals surface area contributed by atoms with Crippen molar-refractivity contribution in [3.8, 4) is 17.6 Å². The Balaban J connectivity index is 2.03. The molecular formula is C22H24N6O3. The monoisotopic (exact) mass is 420 g/mol. The molecule has 1 aromatic carbocycles. The van der Waals surface area contributed by atoms with Crippen LogP contribution in [0.25, 0.3) is 0 Å². The van der Waals surface area contributed by atoms with Gasteiger partial charge in [-0.25, -0.2) is 5.10 Å². The van der Waals surface area contributed by atoms with E-state index in [2.05, 4.69) is 21.3 Å². The first-order chi connectivity index (χ1) is 14.8. The van der Waals surface area contributed by atoms with E-state index in [-0.39, 0.29) is 22.6 Å². The number of Topliss-reactive ketones (excluding diaryl/α,β-unsaturated/α-hetero) is 1. The van der Waals surface area contributed by atoms with Gasteiger partial charge in [-0.05, 0) is 17.9 Å². The van der Waals surface area contributed by atoms with Crippen LogP contribution < -0.4 is 20.1 Å². The first-order valence-electron chi connectivity index (χ1n) is 9.85. The average molecular weight is 420 g/mol. The van der Waals surface area contributed by atoms with Gasteiger partial charge in [0.1, 0.15) is 12.1 Å². The van der Waals surface area contributed by atoms with Crippen molar-refractivity contribution in [2.45, 2.75) is 32.6 Å². The van der Waals surface area contributed by atoms with Crippen LogP contribution in [0, 0.1) is 16.7 Å². The minimum atomic E-state index is -0.673. The summed E-state index contributed by atoms with van der Waals surface area (Å²) in [7, 11) is 3.08. The number of nitriles is 1. The molecule has 0 saturated heterocycles. The van der Waals surface area contributed by atoms with E-state index in [0.29, 0.717) is 47.1 Å². The summed E-state index contributed by atoms with van der Waals surface area (Å²) >= 11 is 0. The highest BCUT2D eigenvalue weighted by Gasteiger charge is 2.46. The summed E-state index contributed by atoms with van der Waals surface area (Å²) in [5.41, 5.74) is 8.39. The number of anilines is 1. The Kier molecular flexibility index (Phi) is 4.93. The number of allylic oxidation sites excluding steroid dienone is 3. The maximum absolute atomic E-state index is 13.5. The van der Waals surface area contributed by atoms with Gasteiger partial charge in [0.15, 0.2) is 17.3 Å². The molecule has 1 aromatic heterocycles. The van der Waals surface area contributed by atoms with Crippen LogP contribution in [-0.4, -0.2) is 35.2 Å². The molecule has 0 radical (unpaired) electrons. The van der Waals surface area contributed by atoms with Crippen LogP contribution >= 0.6 is 0 Å². The number of nitrogens with zero attached hydrogens (tertiary/aromatic N) is 4. The lowest BCUT2D eigenvalue weighted by Crippen LogP contribution is -2.42. The van der Waals surface area contributed by atoms with Crippen LogP contribution in [0.1, 0.15) is 38.2 Å². The van der Waals surface area contributed by atoms with Gasteiger partial charge in [0.05, 0.1) is 31.8 Å². The van der Waals surface area contributed by atoms with Crippen molar-refractivity contribution in [3.63, 3.8) is 0 Å². The second-order valence-corrected chi connectivity index (χ2v) is 8.37. The Morgan fingerprint density at radius 2 is 2.06 bits per heavy atom. The third kappa shape index (κ3) is 3.20. The van der Waals surface area contributed by atoms with Crippen molar-refractivity contribution in [1.82, 2.24) is 15.2 Å². The van der Waals surface area contributed by atoms with Gasteiger partial charge in [-0.3, -0.25) is 9.69 Å². The summed E-state index contributed by atoms with van der Waals surface area (Å²) in [6, 6.07) is 7.63. The second kappa shape index (κ2) is 7.47. The number of hydrogen-bond acceptors (Lipinski definition) is 8. The lowest BCUT2D eigenvalue weighted by Gasteiger charge is -2.42. The van der Waals surface area contributed by atoms with Gasteiger partial charge < -0.3 is 15.2 Å². The summed E-state index contributed by atoms with van der Waals surface area (Å²) in [6.07, 6.45) is 2.30. The van der Waals surface area contributed by atoms with E-state index in [0.717, 1.165) is 0 Å². The Bertz CT molecular complexity index is 1140. The number of methoxy groups -OCH3 is 2. The molecule has 0 amide bonds. The molecule has 0 saturated carbocycles. The Morgan fingerprint density at radius 1 is 1.29 bits per heavy atom. The van der Waals surface area contributed by atoms with Gasteiger partial charge in [-0.15, -0.1) is 0 Å². The number of ether oxygens (including phenoxy) is 2. The molecule has 160 valence electrons.